The van der Waals surface area contributed by atoms with Gasteiger partial charge in [-0.2, -0.15) is 0 Å². The molecule has 1 aromatic heterocycles. The monoisotopic (exact) mass is 202 g/mol. The number of benzene rings is 1. The summed E-state index contributed by atoms with van der Waals surface area (Å²) in [5.41, 5.74) is 10.8. The average Bonchev–Trinajstić information content (AvgIpc) is 2.52. The smallest absolute Gasteiger partial charge is 0.141 e. The largest absolute Gasteiger partial charge is 0.399 e. The number of rotatable bonds is 1. The molecule has 78 valence electrons. The Morgan fingerprint density at radius 2 is 1.93 bits per heavy atom. The summed E-state index contributed by atoms with van der Waals surface area (Å²) in [6, 6.07) is 5.97. The van der Waals surface area contributed by atoms with Gasteiger partial charge in [-0.05, 0) is 44.0 Å². The van der Waals surface area contributed by atoms with Gasteiger partial charge in [-0.15, -0.1) is 0 Å². The van der Waals surface area contributed by atoms with Crippen LogP contribution in [-0.2, 0) is 0 Å². The van der Waals surface area contributed by atoms with Gasteiger partial charge in [0.25, 0.3) is 0 Å². The third-order valence-electron chi connectivity index (χ3n) is 2.59. The normalized spacial score (nSPS) is 10.6. The molecule has 1 heterocycles. The lowest BCUT2D eigenvalue weighted by Crippen LogP contribution is -1.90. The number of aryl methyl sites for hydroxylation is 3. The highest BCUT2D eigenvalue weighted by atomic mass is 16.5. The van der Waals surface area contributed by atoms with Gasteiger partial charge >= 0.3 is 0 Å². The molecule has 1 aromatic carbocycles. The lowest BCUT2D eigenvalue weighted by atomic mass is 10.0. The number of hydrogen-bond donors (Lipinski definition) is 1. The van der Waals surface area contributed by atoms with Gasteiger partial charge in [0.2, 0.25) is 0 Å². The standard InChI is InChI=1S/C12H14N2O/c1-7-6-10(4-5-11(7)13)12-8(2)14-15-9(12)3/h4-6H,13H2,1-3H3. The van der Waals surface area contributed by atoms with E-state index in [1.54, 1.807) is 0 Å². The average molecular weight is 202 g/mol. The fourth-order valence-corrected chi connectivity index (χ4v) is 1.73. The van der Waals surface area contributed by atoms with Gasteiger partial charge in [0.1, 0.15) is 5.76 Å². The van der Waals surface area contributed by atoms with Crippen molar-refractivity contribution in [1.29, 1.82) is 0 Å². The molecule has 0 aliphatic heterocycles. The topological polar surface area (TPSA) is 52.0 Å². The van der Waals surface area contributed by atoms with Gasteiger partial charge in [0.05, 0.1) is 5.69 Å². The lowest BCUT2D eigenvalue weighted by molar-refractivity contribution is 0.393. The molecule has 2 rings (SSSR count). The Balaban J connectivity index is 2.59. The van der Waals surface area contributed by atoms with Gasteiger partial charge in [-0.25, -0.2) is 0 Å². The molecule has 0 saturated heterocycles. The van der Waals surface area contributed by atoms with Crippen LogP contribution in [-0.4, -0.2) is 5.16 Å². The molecule has 2 N–H and O–H groups in total. The molecule has 0 fully saturated rings. The molecule has 0 amide bonds. The maximum Gasteiger partial charge on any atom is 0.141 e. The molecule has 0 aliphatic rings. The molecule has 0 bridgehead atoms. The van der Waals surface area contributed by atoms with Crippen molar-refractivity contribution in [2.45, 2.75) is 20.8 Å². The second-order valence-electron chi connectivity index (χ2n) is 3.77. The Hall–Kier alpha value is -1.77. The van der Waals surface area contributed by atoms with Crippen LogP contribution in [0.25, 0.3) is 11.1 Å². The van der Waals surface area contributed by atoms with Gasteiger partial charge in [0, 0.05) is 11.3 Å². The van der Waals surface area contributed by atoms with Crippen molar-refractivity contribution < 1.29 is 4.52 Å². The molecular weight excluding hydrogens is 188 g/mol. The van der Waals surface area contributed by atoms with E-state index in [0.717, 1.165) is 33.8 Å². The fraction of sp³-hybridized carbons (Fsp3) is 0.250. The first-order valence-corrected chi connectivity index (χ1v) is 4.89. The van der Waals surface area contributed by atoms with E-state index >= 15 is 0 Å². The van der Waals surface area contributed by atoms with E-state index in [1.807, 2.05) is 32.9 Å². The third-order valence-corrected chi connectivity index (χ3v) is 2.59. The number of nitrogens with two attached hydrogens (primary N) is 1. The highest BCUT2D eigenvalue weighted by Crippen LogP contribution is 2.28. The Bertz CT molecular complexity index is 481. The molecule has 2 aromatic rings. The van der Waals surface area contributed by atoms with Crippen molar-refractivity contribution in [3.63, 3.8) is 0 Å². The highest BCUT2D eigenvalue weighted by Gasteiger charge is 2.11. The third kappa shape index (κ3) is 1.61. The number of hydrogen-bond acceptors (Lipinski definition) is 3. The summed E-state index contributed by atoms with van der Waals surface area (Å²) in [7, 11) is 0. The van der Waals surface area contributed by atoms with Crippen molar-refractivity contribution >= 4 is 5.69 Å². The van der Waals surface area contributed by atoms with Crippen LogP contribution in [0.15, 0.2) is 22.7 Å². The summed E-state index contributed by atoms with van der Waals surface area (Å²) in [5, 5.41) is 3.94. The summed E-state index contributed by atoms with van der Waals surface area (Å²) in [6.07, 6.45) is 0. The van der Waals surface area contributed by atoms with Crippen LogP contribution in [0.4, 0.5) is 5.69 Å². The minimum atomic E-state index is 0.811. The SMILES string of the molecule is Cc1cc(-c2c(C)noc2C)ccc1N. The summed E-state index contributed by atoms with van der Waals surface area (Å²) in [4.78, 5) is 0. The van der Waals surface area contributed by atoms with E-state index in [9.17, 15) is 0 Å². The second kappa shape index (κ2) is 3.42. The Labute approximate surface area is 88.9 Å². The maximum atomic E-state index is 5.78. The second-order valence-corrected chi connectivity index (χ2v) is 3.77. The highest BCUT2D eigenvalue weighted by molar-refractivity contribution is 5.70. The zero-order valence-corrected chi connectivity index (χ0v) is 9.16. The van der Waals surface area contributed by atoms with Crippen LogP contribution < -0.4 is 5.73 Å². The van der Waals surface area contributed by atoms with Crippen LogP contribution in [0.5, 0.6) is 0 Å². The summed E-state index contributed by atoms with van der Waals surface area (Å²) in [5.74, 6) is 0.844. The zero-order chi connectivity index (χ0) is 11.0. The fourth-order valence-electron chi connectivity index (χ4n) is 1.73. The summed E-state index contributed by atoms with van der Waals surface area (Å²) < 4.78 is 5.14. The predicted molar refractivity (Wildman–Crippen MR) is 60.6 cm³/mol. The lowest BCUT2D eigenvalue weighted by Gasteiger charge is -2.04. The van der Waals surface area contributed by atoms with Crippen molar-refractivity contribution in [2.24, 2.45) is 0 Å². The molecule has 0 saturated carbocycles. The van der Waals surface area contributed by atoms with E-state index in [4.69, 9.17) is 10.3 Å². The Kier molecular flexibility index (Phi) is 2.23. The minimum Gasteiger partial charge on any atom is -0.399 e. The first-order chi connectivity index (χ1) is 7.09. The Morgan fingerprint density at radius 1 is 1.20 bits per heavy atom. The molecule has 0 radical (unpaired) electrons. The molecule has 3 heteroatoms. The van der Waals surface area contributed by atoms with Crippen molar-refractivity contribution in [1.82, 2.24) is 5.16 Å². The molecule has 0 aliphatic carbocycles. The molecule has 0 spiro atoms. The molecule has 3 nitrogen and oxygen atoms in total. The molecule has 15 heavy (non-hydrogen) atoms. The quantitative estimate of drug-likeness (QED) is 0.723. The molecule has 0 atom stereocenters. The minimum absolute atomic E-state index is 0.811. The van der Waals surface area contributed by atoms with Crippen LogP contribution >= 0.6 is 0 Å². The van der Waals surface area contributed by atoms with Crippen LogP contribution in [0.3, 0.4) is 0 Å². The predicted octanol–water partition coefficient (Wildman–Crippen LogP) is 2.85. The van der Waals surface area contributed by atoms with Crippen molar-refractivity contribution in [3.05, 3.63) is 35.2 Å². The number of nitrogens with zero attached hydrogens (tertiary/aromatic N) is 1. The zero-order valence-electron chi connectivity index (χ0n) is 9.16. The number of aromatic nitrogens is 1. The summed E-state index contributed by atoms with van der Waals surface area (Å²) >= 11 is 0. The first-order valence-electron chi connectivity index (χ1n) is 4.89. The molecule has 0 unspecified atom stereocenters. The number of anilines is 1. The van der Waals surface area contributed by atoms with Crippen LogP contribution in [0.1, 0.15) is 17.0 Å². The van der Waals surface area contributed by atoms with E-state index in [0.29, 0.717) is 0 Å². The first kappa shape index (κ1) is 9.77. The van der Waals surface area contributed by atoms with E-state index in [1.165, 1.54) is 0 Å². The number of nitrogen functional groups attached to an aromatic ring is 1. The van der Waals surface area contributed by atoms with Gasteiger partial charge in [0.15, 0.2) is 0 Å². The van der Waals surface area contributed by atoms with E-state index in [2.05, 4.69) is 11.2 Å². The summed E-state index contributed by atoms with van der Waals surface area (Å²) in [6.45, 7) is 5.86. The van der Waals surface area contributed by atoms with Crippen LogP contribution in [0.2, 0.25) is 0 Å². The van der Waals surface area contributed by atoms with Crippen LogP contribution in [0, 0.1) is 20.8 Å². The van der Waals surface area contributed by atoms with Gasteiger partial charge in [-0.1, -0.05) is 11.2 Å². The van der Waals surface area contributed by atoms with Crippen molar-refractivity contribution in [2.75, 3.05) is 5.73 Å². The maximum absolute atomic E-state index is 5.78. The van der Waals surface area contributed by atoms with Gasteiger partial charge < -0.3 is 10.3 Å². The van der Waals surface area contributed by atoms with Gasteiger partial charge in [-0.3, -0.25) is 0 Å². The van der Waals surface area contributed by atoms with E-state index < -0.39 is 0 Å². The molecular formula is C12H14N2O. The van der Waals surface area contributed by atoms with Crippen molar-refractivity contribution in [3.8, 4) is 11.1 Å². The van der Waals surface area contributed by atoms with E-state index in [-0.39, 0.29) is 0 Å². The Morgan fingerprint density at radius 3 is 2.47 bits per heavy atom.